The molecule has 0 fully saturated rings. The van der Waals surface area contributed by atoms with Crippen molar-refractivity contribution in [2.45, 2.75) is 6.18 Å². The molecule has 0 bridgehead atoms. The van der Waals surface area contributed by atoms with Crippen molar-refractivity contribution in [3.05, 3.63) is 47.4 Å². The summed E-state index contributed by atoms with van der Waals surface area (Å²) in [6.45, 7) is 0. The zero-order chi connectivity index (χ0) is 14.3. The maximum atomic E-state index is 12.6. The minimum Gasteiger partial charge on any atom is -0.333 e. The Morgan fingerprint density at radius 2 is 1.90 bits per heavy atom. The lowest BCUT2D eigenvalue weighted by molar-refractivity contribution is -0.144. The van der Waals surface area contributed by atoms with Gasteiger partial charge in [0.05, 0.1) is 5.52 Å². The van der Waals surface area contributed by atoms with Crippen molar-refractivity contribution in [1.82, 2.24) is 15.0 Å². The van der Waals surface area contributed by atoms with Crippen LogP contribution in [0.25, 0.3) is 22.3 Å². The average molecular weight is 298 g/mol. The standard InChI is InChI=1S/C13H7ClF3N3/c14-9-4-2-1-3-8(9)7-5-10-11(18-6-7)20-12(19-10)13(15,16)17/h1-6H,(H,18,19,20). The smallest absolute Gasteiger partial charge is 0.333 e. The summed E-state index contributed by atoms with van der Waals surface area (Å²) in [6.07, 6.45) is -3.07. The van der Waals surface area contributed by atoms with E-state index in [1.165, 1.54) is 6.20 Å². The number of nitrogens with zero attached hydrogens (tertiary/aromatic N) is 2. The fourth-order valence-electron chi connectivity index (χ4n) is 1.88. The Balaban J connectivity index is 2.14. The number of hydrogen-bond acceptors (Lipinski definition) is 2. The van der Waals surface area contributed by atoms with Gasteiger partial charge in [-0.2, -0.15) is 13.2 Å². The predicted octanol–water partition coefficient (Wildman–Crippen LogP) is 4.30. The first kappa shape index (κ1) is 12.9. The molecular formula is C13H7ClF3N3. The van der Waals surface area contributed by atoms with Crippen LogP contribution in [0.2, 0.25) is 5.02 Å². The van der Waals surface area contributed by atoms with E-state index in [2.05, 4.69) is 15.0 Å². The fraction of sp³-hybridized carbons (Fsp3) is 0.0769. The van der Waals surface area contributed by atoms with Gasteiger partial charge in [0.15, 0.2) is 5.65 Å². The van der Waals surface area contributed by atoms with E-state index in [0.29, 0.717) is 16.1 Å². The molecule has 3 aromatic rings. The molecule has 1 aromatic carbocycles. The normalized spacial score (nSPS) is 12.0. The summed E-state index contributed by atoms with van der Waals surface area (Å²) in [5, 5.41) is 0.504. The van der Waals surface area contributed by atoms with E-state index in [9.17, 15) is 13.2 Å². The van der Waals surface area contributed by atoms with Crippen LogP contribution < -0.4 is 0 Å². The van der Waals surface area contributed by atoms with Crippen molar-refractivity contribution in [1.29, 1.82) is 0 Å². The second-order valence-corrected chi connectivity index (χ2v) is 4.57. The van der Waals surface area contributed by atoms with Gasteiger partial charge in [0.2, 0.25) is 5.82 Å². The van der Waals surface area contributed by atoms with Gasteiger partial charge in [0.25, 0.3) is 0 Å². The molecule has 0 aliphatic heterocycles. The molecule has 2 aromatic heterocycles. The lowest BCUT2D eigenvalue weighted by atomic mass is 10.1. The van der Waals surface area contributed by atoms with Crippen LogP contribution in [0.1, 0.15) is 5.82 Å². The average Bonchev–Trinajstić information content (AvgIpc) is 2.82. The van der Waals surface area contributed by atoms with Gasteiger partial charge >= 0.3 is 6.18 Å². The summed E-state index contributed by atoms with van der Waals surface area (Å²) < 4.78 is 37.7. The van der Waals surface area contributed by atoms with Crippen LogP contribution in [-0.2, 0) is 6.18 Å². The van der Waals surface area contributed by atoms with Crippen molar-refractivity contribution >= 4 is 22.8 Å². The Morgan fingerprint density at radius 1 is 1.15 bits per heavy atom. The number of rotatable bonds is 1. The molecule has 3 nitrogen and oxygen atoms in total. The van der Waals surface area contributed by atoms with Crippen molar-refractivity contribution in [3.63, 3.8) is 0 Å². The fourth-order valence-corrected chi connectivity index (χ4v) is 2.12. The summed E-state index contributed by atoms with van der Waals surface area (Å²) >= 11 is 6.05. The first-order valence-corrected chi connectivity index (χ1v) is 6.01. The topological polar surface area (TPSA) is 41.6 Å². The Kier molecular flexibility index (Phi) is 2.90. The van der Waals surface area contributed by atoms with E-state index in [1.807, 2.05) is 0 Å². The highest BCUT2D eigenvalue weighted by Crippen LogP contribution is 2.31. The maximum absolute atomic E-state index is 12.6. The Hall–Kier alpha value is -2.08. The minimum atomic E-state index is -4.52. The van der Waals surface area contributed by atoms with Crippen molar-refractivity contribution in [2.75, 3.05) is 0 Å². The molecule has 0 spiro atoms. The summed E-state index contributed by atoms with van der Waals surface area (Å²) in [5.74, 6) is -1.06. The highest BCUT2D eigenvalue weighted by Gasteiger charge is 2.35. The van der Waals surface area contributed by atoms with E-state index in [1.54, 1.807) is 30.3 Å². The molecule has 0 saturated heterocycles. The second kappa shape index (κ2) is 4.49. The second-order valence-electron chi connectivity index (χ2n) is 4.16. The lowest BCUT2D eigenvalue weighted by Crippen LogP contribution is -2.06. The largest absolute Gasteiger partial charge is 0.449 e. The number of fused-ring (bicyclic) bond motifs is 1. The first-order valence-electron chi connectivity index (χ1n) is 5.63. The summed E-state index contributed by atoms with van der Waals surface area (Å²) in [6, 6.07) is 8.59. The SMILES string of the molecule is FC(F)(F)c1nc2ncc(-c3ccccc3Cl)cc2[nH]1. The zero-order valence-electron chi connectivity index (χ0n) is 9.87. The molecule has 102 valence electrons. The van der Waals surface area contributed by atoms with Crippen LogP contribution in [0, 0.1) is 0 Å². The van der Waals surface area contributed by atoms with Crippen LogP contribution in [0.3, 0.4) is 0 Å². The quantitative estimate of drug-likeness (QED) is 0.727. The molecule has 0 aliphatic carbocycles. The number of H-pyrrole nitrogens is 1. The minimum absolute atomic E-state index is 0.0214. The van der Waals surface area contributed by atoms with E-state index in [4.69, 9.17) is 11.6 Å². The number of aromatic nitrogens is 3. The van der Waals surface area contributed by atoms with Crippen molar-refractivity contribution in [2.24, 2.45) is 0 Å². The predicted molar refractivity (Wildman–Crippen MR) is 69.3 cm³/mol. The third-order valence-electron chi connectivity index (χ3n) is 2.79. The molecule has 0 radical (unpaired) electrons. The third kappa shape index (κ3) is 2.22. The number of nitrogens with one attached hydrogen (secondary N) is 1. The molecule has 1 N–H and O–H groups in total. The highest BCUT2D eigenvalue weighted by molar-refractivity contribution is 6.33. The van der Waals surface area contributed by atoms with Gasteiger partial charge in [-0.25, -0.2) is 9.97 Å². The molecule has 0 unspecified atom stereocenters. The van der Waals surface area contributed by atoms with Crippen LogP contribution in [0.5, 0.6) is 0 Å². The number of hydrogen-bond donors (Lipinski definition) is 1. The lowest BCUT2D eigenvalue weighted by Gasteiger charge is -2.03. The number of aromatic amines is 1. The van der Waals surface area contributed by atoms with Crippen LogP contribution in [0.15, 0.2) is 36.5 Å². The Bertz CT molecular complexity index is 780. The highest BCUT2D eigenvalue weighted by atomic mass is 35.5. The molecule has 7 heteroatoms. The molecule has 2 heterocycles. The van der Waals surface area contributed by atoms with Crippen LogP contribution in [0.4, 0.5) is 13.2 Å². The van der Waals surface area contributed by atoms with E-state index in [-0.39, 0.29) is 11.2 Å². The van der Waals surface area contributed by atoms with E-state index >= 15 is 0 Å². The first-order chi connectivity index (χ1) is 9.45. The Labute approximate surface area is 116 Å². The monoisotopic (exact) mass is 297 g/mol. The van der Waals surface area contributed by atoms with E-state index in [0.717, 1.165) is 0 Å². The zero-order valence-corrected chi connectivity index (χ0v) is 10.6. The number of imidazole rings is 1. The van der Waals surface area contributed by atoms with Crippen molar-refractivity contribution in [3.8, 4) is 11.1 Å². The van der Waals surface area contributed by atoms with Gasteiger partial charge in [-0.1, -0.05) is 29.8 Å². The van der Waals surface area contributed by atoms with Gasteiger partial charge in [-0.05, 0) is 12.1 Å². The maximum Gasteiger partial charge on any atom is 0.449 e. The number of alkyl halides is 3. The molecule has 0 atom stereocenters. The number of benzene rings is 1. The van der Waals surface area contributed by atoms with Gasteiger partial charge in [0, 0.05) is 22.3 Å². The van der Waals surface area contributed by atoms with E-state index < -0.39 is 12.0 Å². The molecule has 0 aliphatic rings. The molecule has 0 amide bonds. The van der Waals surface area contributed by atoms with Gasteiger partial charge in [-0.3, -0.25) is 0 Å². The van der Waals surface area contributed by atoms with Gasteiger partial charge in [-0.15, -0.1) is 0 Å². The van der Waals surface area contributed by atoms with Crippen LogP contribution >= 0.6 is 11.6 Å². The van der Waals surface area contributed by atoms with Gasteiger partial charge < -0.3 is 4.98 Å². The summed E-state index contributed by atoms with van der Waals surface area (Å²) in [5.41, 5.74) is 1.56. The summed E-state index contributed by atoms with van der Waals surface area (Å²) in [4.78, 5) is 9.57. The molecule has 3 rings (SSSR count). The van der Waals surface area contributed by atoms with Gasteiger partial charge in [0.1, 0.15) is 0 Å². The molecular weight excluding hydrogens is 291 g/mol. The summed E-state index contributed by atoms with van der Waals surface area (Å²) in [7, 11) is 0. The van der Waals surface area contributed by atoms with Crippen LogP contribution in [-0.4, -0.2) is 15.0 Å². The molecule has 0 saturated carbocycles. The third-order valence-corrected chi connectivity index (χ3v) is 3.12. The Morgan fingerprint density at radius 3 is 2.60 bits per heavy atom. The molecule has 20 heavy (non-hydrogen) atoms. The number of halogens is 4. The number of pyridine rings is 1. The van der Waals surface area contributed by atoms with Crippen molar-refractivity contribution < 1.29 is 13.2 Å².